The summed E-state index contributed by atoms with van der Waals surface area (Å²) in [4.78, 5) is 24.9. The summed E-state index contributed by atoms with van der Waals surface area (Å²) in [6.45, 7) is 4.66. The van der Waals surface area contributed by atoms with Gasteiger partial charge in [0.1, 0.15) is 0 Å². The summed E-state index contributed by atoms with van der Waals surface area (Å²) in [6, 6.07) is 0.114. The first-order valence-corrected chi connectivity index (χ1v) is 6.62. The van der Waals surface area contributed by atoms with Crippen LogP contribution in [0.15, 0.2) is 0 Å². The maximum atomic E-state index is 12.0. The molecule has 1 saturated heterocycles. The van der Waals surface area contributed by atoms with Crippen LogP contribution >= 0.6 is 0 Å². The Bertz CT molecular complexity index is 317. The second-order valence-electron chi connectivity index (χ2n) is 5.65. The van der Waals surface area contributed by atoms with E-state index in [2.05, 4.69) is 0 Å². The lowest BCUT2D eigenvalue weighted by Crippen LogP contribution is -2.48. The van der Waals surface area contributed by atoms with Crippen molar-refractivity contribution in [2.24, 2.45) is 11.1 Å². The van der Waals surface area contributed by atoms with Crippen LogP contribution in [0.1, 0.15) is 46.0 Å². The Labute approximate surface area is 108 Å². The highest BCUT2D eigenvalue weighted by molar-refractivity contribution is 5.79. The van der Waals surface area contributed by atoms with Gasteiger partial charge in [-0.05, 0) is 39.5 Å². The number of carboxylic acids is 1. The number of likely N-dealkylation sites (tertiary alicyclic amines) is 1. The molecule has 5 heteroatoms. The number of hydrogen-bond acceptors (Lipinski definition) is 3. The molecule has 104 valence electrons. The van der Waals surface area contributed by atoms with E-state index >= 15 is 0 Å². The molecule has 0 radical (unpaired) electrons. The van der Waals surface area contributed by atoms with E-state index in [1.54, 1.807) is 11.8 Å². The minimum atomic E-state index is -0.810. The maximum absolute atomic E-state index is 12.0. The third-order valence-electron chi connectivity index (χ3n) is 3.62. The Hall–Kier alpha value is -1.10. The molecule has 18 heavy (non-hydrogen) atoms. The summed E-state index contributed by atoms with van der Waals surface area (Å²) in [5, 5.41) is 9.19. The Morgan fingerprint density at radius 1 is 1.50 bits per heavy atom. The highest BCUT2D eigenvalue weighted by atomic mass is 16.4. The van der Waals surface area contributed by atoms with Gasteiger partial charge in [-0.1, -0.05) is 0 Å². The second kappa shape index (κ2) is 6.18. The van der Waals surface area contributed by atoms with Crippen molar-refractivity contribution >= 4 is 11.9 Å². The fraction of sp³-hybridized carbons (Fsp3) is 0.846. The van der Waals surface area contributed by atoms with Crippen LogP contribution in [0.5, 0.6) is 0 Å². The summed E-state index contributed by atoms with van der Waals surface area (Å²) in [6.07, 6.45) is 3.48. The number of rotatable bonds is 5. The van der Waals surface area contributed by atoms with Crippen molar-refractivity contribution in [3.05, 3.63) is 0 Å². The molecule has 1 heterocycles. The minimum Gasteiger partial charge on any atom is -0.481 e. The number of carbonyl (C=O) groups is 2. The number of carbonyl (C=O) groups excluding carboxylic acids is 1. The summed E-state index contributed by atoms with van der Waals surface area (Å²) in [5.74, 6) is -0.751. The Balaban J connectivity index is 2.46. The average molecular weight is 256 g/mol. The van der Waals surface area contributed by atoms with Crippen LogP contribution in [0, 0.1) is 5.41 Å². The van der Waals surface area contributed by atoms with Crippen molar-refractivity contribution < 1.29 is 14.7 Å². The molecule has 0 aliphatic carbocycles. The maximum Gasteiger partial charge on any atom is 0.311 e. The largest absolute Gasteiger partial charge is 0.481 e. The minimum absolute atomic E-state index is 0.0582. The van der Waals surface area contributed by atoms with Crippen LogP contribution in [0.2, 0.25) is 0 Å². The molecule has 2 atom stereocenters. The molecular weight excluding hydrogens is 232 g/mol. The molecule has 0 bridgehead atoms. The van der Waals surface area contributed by atoms with Crippen molar-refractivity contribution in [1.82, 2.24) is 4.90 Å². The van der Waals surface area contributed by atoms with Gasteiger partial charge in [0, 0.05) is 25.6 Å². The predicted molar refractivity (Wildman–Crippen MR) is 69.1 cm³/mol. The van der Waals surface area contributed by atoms with Gasteiger partial charge in [-0.2, -0.15) is 0 Å². The molecule has 3 N–H and O–H groups in total. The van der Waals surface area contributed by atoms with Crippen LogP contribution < -0.4 is 5.73 Å². The smallest absolute Gasteiger partial charge is 0.311 e. The van der Waals surface area contributed by atoms with Crippen LogP contribution in [0.3, 0.4) is 0 Å². The molecule has 1 amide bonds. The highest BCUT2D eigenvalue weighted by Gasteiger charge is 2.39. The van der Waals surface area contributed by atoms with Crippen LogP contribution in [-0.4, -0.2) is 41.0 Å². The molecule has 5 nitrogen and oxygen atoms in total. The monoisotopic (exact) mass is 256 g/mol. The molecule has 1 fully saturated rings. The van der Waals surface area contributed by atoms with Crippen LogP contribution in [0.25, 0.3) is 0 Å². The molecular formula is C13H24N2O3. The molecule has 0 aromatic carbocycles. The van der Waals surface area contributed by atoms with Gasteiger partial charge >= 0.3 is 5.97 Å². The zero-order valence-electron chi connectivity index (χ0n) is 11.3. The van der Waals surface area contributed by atoms with Crippen molar-refractivity contribution in [1.29, 1.82) is 0 Å². The summed E-state index contributed by atoms with van der Waals surface area (Å²) in [5.41, 5.74) is 4.85. The zero-order chi connectivity index (χ0) is 13.8. The third-order valence-corrected chi connectivity index (χ3v) is 3.62. The molecule has 2 unspecified atom stereocenters. The Kier molecular flexibility index (Phi) is 5.14. The first-order chi connectivity index (χ1) is 8.35. The number of carboxylic acid groups (broad SMARTS) is 1. The van der Waals surface area contributed by atoms with Gasteiger partial charge in [-0.15, -0.1) is 0 Å². The SMILES string of the molecule is CC(N)CCCC(=O)N1CCCC(C)(C(=O)O)C1. The van der Waals surface area contributed by atoms with Crippen molar-refractivity contribution in [2.75, 3.05) is 13.1 Å². The van der Waals surface area contributed by atoms with Crippen LogP contribution in [-0.2, 0) is 9.59 Å². The van der Waals surface area contributed by atoms with Crippen molar-refractivity contribution in [2.45, 2.75) is 52.0 Å². The van der Waals surface area contributed by atoms with Gasteiger partial charge < -0.3 is 15.7 Å². The lowest BCUT2D eigenvalue weighted by molar-refractivity contribution is -0.153. The molecule has 0 spiro atoms. The highest BCUT2D eigenvalue weighted by Crippen LogP contribution is 2.30. The third kappa shape index (κ3) is 3.98. The summed E-state index contributed by atoms with van der Waals surface area (Å²) < 4.78 is 0. The Morgan fingerprint density at radius 3 is 2.72 bits per heavy atom. The lowest BCUT2D eigenvalue weighted by Gasteiger charge is -2.37. The molecule has 0 aromatic rings. The van der Waals surface area contributed by atoms with Gasteiger partial charge in [0.05, 0.1) is 5.41 Å². The van der Waals surface area contributed by atoms with E-state index in [9.17, 15) is 14.7 Å². The molecule has 1 aliphatic rings. The average Bonchev–Trinajstić information content (AvgIpc) is 2.28. The second-order valence-corrected chi connectivity index (χ2v) is 5.65. The number of nitrogens with two attached hydrogens (primary N) is 1. The molecule has 0 aromatic heterocycles. The number of piperidine rings is 1. The molecule has 0 saturated carbocycles. The van der Waals surface area contributed by atoms with E-state index in [0.717, 1.165) is 19.3 Å². The van der Waals surface area contributed by atoms with Gasteiger partial charge in [-0.3, -0.25) is 9.59 Å². The van der Waals surface area contributed by atoms with Crippen molar-refractivity contribution in [3.63, 3.8) is 0 Å². The lowest BCUT2D eigenvalue weighted by atomic mass is 9.82. The fourth-order valence-electron chi connectivity index (χ4n) is 2.36. The quantitative estimate of drug-likeness (QED) is 0.774. The van der Waals surface area contributed by atoms with E-state index in [0.29, 0.717) is 25.9 Å². The standard InChI is InChI=1S/C13H24N2O3/c1-10(14)5-3-6-11(16)15-8-4-7-13(2,9-15)12(17)18/h10H,3-9,14H2,1-2H3,(H,17,18). The topological polar surface area (TPSA) is 83.6 Å². The van der Waals surface area contributed by atoms with Gasteiger partial charge in [-0.25, -0.2) is 0 Å². The van der Waals surface area contributed by atoms with Gasteiger partial charge in [0.15, 0.2) is 0 Å². The van der Waals surface area contributed by atoms with E-state index in [1.807, 2.05) is 6.92 Å². The Morgan fingerprint density at radius 2 is 2.17 bits per heavy atom. The van der Waals surface area contributed by atoms with Gasteiger partial charge in [0.2, 0.25) is 5.91 Å². The first-order valence-electron chi connectivity index (χ1n) is 6.62. The molecule has 1 aliphatic heterocycles. The molecule has 1 rings (SSSR count). The number of amides is 1. The van der Waals surface area contributed by atoms with Crippen molar-refractivity contribution in [3.8, 4) is 0 Å². The van der Waals surface area contributed by atoms with E-state index < -0.39 is 11.4 Å². The van der Waals surface area contributed by atoms with Gasteiger partial charge in [0.25, 0.3) is 0 Å². The first kappa shape index (κ1) is 15.0. The predicted octanol–water partition coefficient (Wildman–Crippen LogP) is 1.22. The summed E-state index contributed by atoms with van der Waals surface area (Å²) >= 11 is 0. The fourth-order valence-corrected chi connectivity index (χ4v) is 2.36. The normalized spacial score (nSPS) is 25.8. The number of nitrogens with zero attached hydrogens (tertiary/aromatic N) is 1. The van der Waals surface area contributed by atoms with Crippen LogP contribution in [0.4, 0.5) is 0 Å². The van der Waals surface area contributed by atoms with E-state index in [1.165, 1.54) is 0 Å². The number of hydrogen-bond donors (Lipinski definition) is 2. The zero-order valence-corrected chi connectivity index (χ0v) is 11.3. The summed E-state index contributed by atoms with van der Waals surface area (Å²) in [7, 11) is 0. The number of aliphatic carboxylic acids is 1. The van der Waals surface area contributed by atoms with E-state index in [4.69, 9.17) is 5.73 Å². The van der Waals surface area contributed by atoms with E-state index in [-0.39, 0.29) is 11.9 Å².